The fourth-order valence-corrected chi connectivity index (χ4v) is 3.89. The van der Waals surface area contributed by atoms with E-state index in [0.717, 1.165) is 27.1 Å². The highest BCUT2D eigenvalue weighted by Crippen LogP contribution is 2.35. The normalized spacial score (nSPS) is 11.3. The summed E-state index contributed by atoms with van der Waals surface area (Å²) in [6.45, 7) is 0. The van der Waals surface area contributed by atoms with Crippen LogP contribution in [0.2, 0.25) is 0 Å². The smallest absolute Gasteiger partial charge is 0.234 e. The van der Waals surface area contributed by atoms with E-state index < -0.39 is 0 Å². The van der Waals surface area contributed by atoms with Gasteiger partial charge in [0.1, 0.15) is 5.01 Å². The molecule has 0 fully saturated rings. The summed E-state index contributed by atoms with van der Waals surface area (Å²) < 4.78 is 3.26. The minimum Gasteiger partial charge on any atom is -0.275 e. The van der Waals surface area contributed by atoms with Crippen molar-refractivity contribution >= 4 is 32.5 Å². The first kappa shape index (κ1) is 13.4. The fourth-order valence-electron chi connectivity index (χ4n) is 2.92. The molecular weight excluding hydrogens is 316 g/mol. The molecular formula is C19H12N4S. The molecule has 0 atom stereocenters. The molecule has 3 aromatic heterocycles. The molecule has 114 valence electrons. The quantitative estimate of drug-likeness (QED) is 0.472. The van der Waals surface area contributed by atoms with Gasteiger partial charge in [0.2, 0.25) is 5.95 Å². The van der Waals surface area contributed by atoms with Crippen LogP contribution in [-0.4, -0.2) is 19.5 Å². The summed E-state index contributed by atoms with van der Waals surface area (Å²) in [5, 5.41) is 2.12. The highest BCUT2D eigenvalue weighted by atomic mass is 32.1. The van der Waals surface area contributed by atoms with Gasteiger partial charge in [-0.05, 0) is 30.3 Å². The van der Waals surface area contributed by atoms with Gasteiger partial charge in [-0.3, -0.25) is 4.57 Å². The van der Waals surface area contributed by atoms with Gasteiger partial charge in [0.15, 0.2) is 0 Å². The van der Waals surface area contributed by atoms with Crippen LogP contribution in [0.4, 0.5) is 0 Å². The number of thiazole rings is 1. The molecule has 5 heteroatoms. The van der Waals surface area contributed by atoms with Crippen LogP contribution in [0, 0.1) is 0 Å². The standard InChI is InChI=1S/C19H12N4S/c1-3-8-15-13(6-1)12-16(23(15)19-20-10-5-11-21-19)18-22-14-7-2-4-9-17(14)24-18/h1-12H. The van der Waals surface area contributed by atoms with Crippen LogP contribution in [0.1, 0.15) is 0 Å². The van der Waals surface area contributed by atoms with Gasteiger partial charge in [0.05, 0.1) is 21.4 Å². The van der Waals surface area contributed by atoms with E-state index in [1.807, 2.05) is 36.4 Å². The minimum absolute atomic E-state index is 0.660. The van der Waals surface area contributed by atoms with E-state index in [4.69, 9.17) is 4.98 Å². The fraction of sp³-hybridized carbons (Fsp3) is 0. The van der Waals surface area contributed by atoms with Crippen molar-refractivity contribution in [1.82, 2.24) is 19.5 Å². The zero-order valence-electron chi connectivity index (χ0n) is 12.6. The molecule has 0 bridgehead atoms. The summed E-state index contributed by atoms with van der Waals surface area (Å²) >= 11 is 1.69. The van der Waals surface area contributed by atoms with Gasteiger partial charge in [-0.2, -0.15) is 0 Å². The Bertz CT molecular complexity index is 1120. The summed E-state index contributed by atoms with van der Waals surface area (Å²) in [7, 11) is 0. The summed E-state index contributed by atoms with van der Waals surface area (Å²) in [6.07, 6.45) is 3.53. The van der Waals surface area contributed by atoms with Crippen molar-refractivity contribution in [2.75, 3.05) is 0 Å². The van der Waals surface area contributed by atoms with E-state index in [9.17, 15) is 0 Å². The second-order valence-electron chi connectivity index (χ2n) is 5.46. The number of fused-ring (bicyclic) bond motifs is 2. The predicted octanol–water partition coefficient (Wildman–Crippen LogP) is 4.70. The molecule has 0 radical (unpaired) electrons. The Hall–Kier alpha value is -3.05. The summed E-state index contributed by atoms with van der Waals surface area (Å²) in [5.41, 5.74) is 3.12. The van der Waals surface area contributed by atoms with Crippen molar-refractivity contribution in [3.63, 3.8) is 0 Å². The highest BCUT2D eigenvalue weighted by molar-refractivity contribution is 7.21. The maximum Gasteiger partial charge on any atom is 0.234 e. The van der Waals surface area contributed by atoms with Crippen LogP contribution in [0.3, 0.4) is 0 Å². The van der Waals surface area contributed by atoms with Gasteiger partial charge in [0, 0.05) is 17.8 Å². The van der Waals surface area contributed by atoms with Gasteiger partial charge < -0.3 is 0 Å². The third kappa shape index (κ3) is 2.02. The molecule has 0 aliphatic carbocycles. The van der Waals surface area contributed by atoms with Crippen LogP contribution in [-0.2, 0) is 0 Å². The first-order chi connectivity index (χ1) is 11.9. The number of hydrogen-bond acceptors (Lipinski definition) is 4. The minimum atomic E-state index is 0.660. The van der Waals surface area contributed by atoms with Crippen molar-refractivity contribution in [2.24, 2.45) is 0 Å². The second kappa shape index (κ2) is 5.25. The van der Waals surface area contributed by atoms with Crippen molar-refractivity contribution in [3.8, 4) is 16.6 Å². The van der Waals surface area contributed by atoms with E-state index in [0.29, 0.717) is 5.95 Å². The molecule has 0 aliphatic rings. The Morgan fingerprint density at radius 2 is 1.62 bits per heavy atom. The lowest BCUT2D eigenvalue weighted by Gasteiger charge is -2.06. The molecule has 24 heavy (non-hydrogen) atoms. The Balaban J connectivity index is 1.85. The summed E-state index contributed by atoms with van der Waals surface area (Å²) in [6, 6.07) is 20.4. The van der Waals surface area contributed by atoms with Gasteiger partial charge in [0.25, 0.3) is 0 Å². The zero-order valence-corrected chi connectivity index (χ0v) is 13.4. The first-order valence-corrected chi connectivity index (χ1v) is 8.46. The molecule has 4 nitrogen and oxygen atoms in total. The van der Waals surface area contributed by atoms with Crippen molar-refractivity contribution in [1.29, 1.82) is 0 Å². The molecule has 5 aromatic rings. The Labute approximate surface area is 142 Å². The van der Waals surface area contributed by atoms with Crippen molar-refractivity contribution in [2.45, 2.75) is 0 Å². The van der Waals surface area contributed by atoms with E-state index in [1.54, 1.807) is 23.7 Å². The third-order valence-corrected chi connectivity index (χ3v) is 5.03. The van der Waals surface area contributed by atoms with Crippen LogP contribution >= 0.6 is 11.3 Å². The lowest BCUT2D eigenvalue weighted by atomic mass is 10.2. The molecule has 0 spiro atoms. The Morgan fingerprint density at radius 1 is 0.833 bits per heavy atom. The maximum atomic E-state index is 4.81. The number of aromatic nitrogens is 4. The molecule has 0 saturated carbocycles. The van der Waals surface area contributed by atoms with Crippen LogP contribution in [0.5, 0.6) is 0 Å². The van der Waals surface area contributed by atoms with Gasteiger partial charge in [-0.25, -0.2) is 15.0 Å². The van der Waals surface area contributed by atoms with Crippen molar-refractivity contribution in [3.05, 3.63) is 73.1 Å². The molecule has 0 unspecified atom stereocenters. The summed E-state index contributed by atoms with van der Waals surface area (Å²) in [5.74, 6) is 0.660. The number of rotatable bonds is 2. The third-order valence-electron chi connectivity index (χ3n) is 3.98. The molecule has 0 saturated heterocycles. The molecule has 0 aliphatic heterocycles. The van der Waals surface area contributed by atoms with Crippen LogP contribution in [0.15, 0.2) is 73.1 Å². The second-order valence-corrected chi connectivity index (χ2v) is 6.49. The highest BCUT2D eigenvalue weighted by Gasteiger charge is 2.16. The zero-order chi connectivity index (χ0) is 15.9. The van der Waals surface area contributed by atoms with E-state index in [1.165, 1.54) is 4.70 Å². The number of para-hydroxylation sites is 2. The van der Waals surface area contributed by atoms with Gasteiger partial charge in [-0.1, -0.05) is 30.3 Å². The lowest BCUT2D eigenvalue weighted by molar-refractivity contribution is 0.967. The average molecular weight is 328 g/mol. The molecule has 5 rings (SSSR count). The summed E-state index contributed by atoms with van der Waals surface area (Å²) in [4.78, 5) is 13.7. The topological polar surface area (TPSA) is 43.6 Å². The molecule has 0 N–H and O–H groups in total. The van der Waals surface area contributed by atoms with E-state index >= 15 is 0 Å². The Kier molecular flexibility index (Phi) is 2.93. The van der Waals surface area contributed by atoms with Gasteiger partial charge >= 0.3 is 0 Å². The maximum absolute atomic E-state index is 4.81. The largest absolute Gasteiger partial charge is 0.275 e. The van der Waals surface area contributed by atoms with E-state index in [-0.39, 0.29) is 0 Å². The lowest BCUT2D eigenvalue weighted by Crippen LogP contribution is -2.01. The molecule has 3 heterocycles. The first-order valence-electron chi connectivity index (χ1n) is 7.64. The van der Waals surface area contributed by atoms with Gasteiger partial charge in [-0.15, -0.1) is 11.3 Å². The SMILES string of the molecule is c1cnc(-n2c(-c3nc4ccccc4s3)cc3ccccc32)nc1. The molecule has 2 aromatic carbocycles. The van der Waals surface area contributed by atoms with Crippen molar-refractivity contribution < 1.29 is 0 Å². The number of nitrogens with zero attached hydrogens (tertiary/aromatic N) is 4. The molecule has 0 amide bonds. The average Bonchev–Trinajstić information content (AvgIpc) is 3.23. The van der Waals surface area contributed by atoms with E-state index in [2.05, 4.69) is 38.8 Å². The number of hydrogen-bond donors (Lipinski definition) is 0. The Morgan fingerprint density at radius 3 is 2.50 bits per heavy atom. The number of benzene rings is 2. The predicted molar refractivity (Wildman–Crippen MR) is 97.5 cm³/mol. The van der Waals surface area contributed by atoms with Crippen LogP contribution in [0.25, 0.3) is 37.8 Å². The monoisotopic (exact) mass is 328 g/mol. The van der Waals surface area contributed by atoms with Crippen LogP contribution < -0.4 is 0 Å².